The number of ether oxygens (including phenoxy) is 1. The third-order valence-corrected chi connectivity index (χ3v) is 3.40. The van der Waals surface area contributed by atoms with Crippen molar-refractivity contribution < 1.29 is 4.74 Å². The van der Waals surface area contributed by atoms with Gasteiger partial charge in [0.2, 0.25) is 0 Å². The van der Waals surface area contributed by atoms with Crippen LogP contribution in [0.15, 0.2) is 30.6 Å². The van der Waals surface area contributed by atoms with E-state index in [0.717, 1.165) is 24.6 Å². The summed E-state index contributed by atoms with van der Waals surface area (Å²) in [4.78, 5) is 10.7. The number of nitrogens with one attached hydrogen (secondary N) is 1. The summed E-state index contributed by atoms with van der Waals surface area (Å²) in [7, 11) is 1.62. The second-order valence-corrected chi connectivity index (χ2v) is 4.84. The quantitative estimate of drug-likeness (QED) is 0.881. The van der Waals surface area contributed by atoms with Gasteiger partial charge < -0.3 is 15.0 Å². The molecular weight excluding hydrogens is 288 g/mol. The first kappa shape index (κ1) is 15.4. The average Bonchev–Trinajstić information content (AvgIpc) is 2.49. The number of rotatable bonds is 6. The highest BCUT2D eigenvalue weighted by atomic mass is 35.5. The number of aromatic nitrogens is 2. The fraction of sp³-hybridized carbons (Fsp3) is 0.333. The Labute approximate surface area is 129 Å². The van der Waals surface area contributed by atoms with Crippen LogP contribution in [0.25, 0.3) is 0 Å². The molecule has 0 radical (unpaired) electrons. The highest BCUT2D eigenvalue weighted by molar-refractivity contribution is 6.31. The molecule has 0 aliphatic carbocycles. The van der Waals surface area contributed by atoms with Gasteiger partial charge in [0.25, 0.3) is 0 Å². The van der Waals surface area contributed by atoms with Crippen molar-refractivity contribution in [2.75, 3.05) is 30.4 Å². The van der Waals surface area contributed by atoms with Gasteiger partial charge in [0, 0.05) is 24.2 Å². The van der Waals surface area contributed by atoms with Crippen LogP contribution in [-0.4, -0.2) is 30.2 Å². The average molecular weight is 307 g/mol. The van der Waals surface area contributed by atoms with Crippen LogP contribution in [0, 0.1) is 0 Å². The highest BCUT2D eigenvalue weighted by Gasteiger charge is 2.08. The Morgan fingerprint density at radius 2 is 1.95 bits per heavy atom. The predicted octanol–water partition coefficient (Wildman–Crippen LogP) is 3.73. The smallest absolute Gasteiger partial charge is 0.142 e. The summed E-state index contributed by atoms with van der Waals surface area (Å²) < 4.78 is 5.32. The summed E-state index contributed by atoms with van der Waals surface area (Å²) >= 11 is 6.03. The fourth-order valence-corrected chi connectivity index (χ4v) is 2.22. The van der Waals surface area contributed by atoms with Gasteiger partial charge in [-0.2, -0.15) is 0 Å². The lowest BCUT2D eigenvalue weighted by atomic mass is 10.3. The molecule has 0 atom stereocenters. The van der Waals surface area contributed by atoms with Gasteiger partial charge in [0.1, 0.15) is 23.7 Å². The summed E-state index contributed by atoms with van der Waals surface area (Å²) in [6.45, 7) is 5.98. The van der Waals surface area contributed by atoms with Crippen LogP contribution in [0.4, 0.5) is 17.3 Å². The van der Waals surface area contributed by atoms with E-state index >= 15 is 0 Å². The monoisotopic (exact) mass is 306 g/mol. The molecule has 0 spiro atoms. The second-order valence-electron chi connectivity index (χ2n) is 4.40. The van der Waals surface area contributed by atoms with Crippen molar-refractivity contribution in [1.29, 1.82) is 0 Å². The Morgan fingerprint density at radius 1 is 1.19 bits per heavy atom. The Balaban J connectivity index is 2.28. The van der Waals surface area contributed by atoms with Crippen molar-refractivity contribution >= 4 is 28.9 Å². The molecule has 5 nitrogen and oxygen atoms in total. The standard InChI is InChI=1S/C15H19ClN4O/c1-4-20(5-2)15-9-14(17-10-18-15)19-12-8-11(16)6-7-13(12)21-3/h6-10H,4-5H2,1-3H3,(H,17,18,19). The van der Waals surface area contributed by atoms with Gasteiger partial charge in [-0.15, -0.1) is 0 Å². The number of hydrogen-bond acceptors (Lipinski definition) is 5. The maximum Gasteiger partial charge on any atom is 0.142 e. The van der Waals surface area contributed by atoms with Crippen LogP contribution >= 0.6 is 11.6 Å². The van der Waals surface area contributed by atoms with Crippen molar-refractivity contribution in [1.82, 2.24) is 9.97 Å². The Hall–Kier alpha value is -2.01. The minimum atomic E-state index is 0.635. The summed E-state index contributed by atoms with van der Waals surface area (Å²) in [6.07, 6.45) is 1.55. The second kappa shape index (κ2) is 7.13. The summed E-state index contributed by atoms with van der Waals surface area (Å²) in [5.41, 5.74) is 0.772. The molecule has 0 unspecified atom stereocenters. The van der Waals surface area contributed by atoms with Gasteiger partial charge in [0.05, 0.1) is 12.8 Å². The summed E-state index contributed by atoms with van der Waals surface area (Å²) in [6, 6.07) is 7.32. The van der Waals surface area contributed by atoms with Crippen LogP contribution in [-0.2, 0) is 0 Å². The minimum absolute atomic E-state index is 0.635. The Morgan fingerprint density at radius 3 is 2.62 bits per heavy atom. The van der Waals surface area contributed by atoms with Gasteiger partial charge in [-0.25, -0.2) is 9.97 Å². The molecule has 0 amide bonds. The molecule has 1 aromatic heterocycles. The summed E-state index contributed by atoms with van der Waals surface area (Å²) in [5, 5.41) is 3.86. The largest absolute Gasteiger partial charge is 0.495 e. The number of benzene rings is 1. The molecular formula is C15H19ClN4O. The van der Waals surface area contributed by atoms with E-state index in [1.165, 1.54) is 0 Å². The van der Waals surface area contributed by atoms with Crippen molar-refractivity contribution in [3.63, 3.8) is 0 Å². The number of methoxy groups -OCH3 is 1. The van der Waals surface area contributed by atoms with Gasteiger partial charge in [-0.1, -0.05) is 11.6 Å². The van der Waals surface area contributed by atoms with Gasteiger partial charge in [0.15, 0.2) is 0 Å². The van der Waals surface area contributed by atoms with E-state index in [4.69, 9.17) is 16.3 Å². The van der Waals surface area contributed by atoms with Gasteiger partial charge in [-0.3, -0.25) is 0 Å². The Bertz CT molecular complexity index is 602. The molecule has 112 valence electrons. The van der Waals surface area contributed by atoms with E-state index in [1.807, 2.05) is 12.1 Å². The van der Waals surface area contributed by atoms with Crippen LogP contribution in [0.3, 0.4) is 0 Å². The lowest BCUT2D eigenvalue weighted by Gasteiger charge is -2.20. The minimum Gasteiger partial charge on any atom is -0.495 e. The molecule has 0 aliphatic heterocycles. The highest BCUT2D eigenvalue weighted by Crippen LogP contribution is 2.30. The first-order valence-electron chi connectivity index (χ1n) is 6.85. The molecule has 0 saturated heterocycles. The van der Waals surface area contributed by atoms with Crippen LogP contribution in [0.1, 0.15) is 13.8 Å². The zero-order valence-electron chi connectivity index (χ0n) is 12.4. The summed E-state index contributed by atoms with van der Waals surface area (Å²) in [5.74, 6) is 2.30. The molecule has 1 heterocycles. The van der Waals surface area contributed by atoms with E-state index in [9.17, 15) is 0 Å². The third-order valence-electron chi connectivity index (χ3n) is 3.16. The molecule has 1 aromatic carbocycles. The van der Waals surface area contributed by atoms with Crippen molar-refractivity contribution in [2.45, 2.75) is 13.8 Å². The topological polar surface area (TPSA) is 50.3 Å². The van der Waals surface area contributed by atoms with Crippen molar-refractivity contribution in [2.24, 2.45) is 0 Å². The van der Waals surface area contributed by atoms with E-state index in [1.54, 1.807) is 25.6 Å². The molecule has 0 fully saturated rings. The third kappa shape index (κ3) is 3.76. The van der Waals surface area contributed by atoms with Crippen LogP contribution < -0.4 is 15.0 Å². The maximum atomic E-state index is 6.03. The lowest BCUT2D eigenvalue weighted by Crippen LogP contribution is -2.23. The van der Waals surface area contributed by atoms with E-state index < -0.39 is 0 Å². The zero-order valence-corrected chi connectivity index (χ0v) is 13.2. The molecule has 0 bridgehead atoms. The first-order chi connectivity index (χ1) is 10.2. The van der Waals surface area contributed by atoms with E-state index in [0.29, 0.717) is 16.6 Å². The first-order valence-corrected chi connectivity index (χ1v) is 7.23. The van der Waals surface area contributed by atoms with Gasteiger partial charge >= 0.3 is 0 Å². The molecule has 2 aromatic rings. The Kier molecular flexibility index (Phi) is 5.22. The lowest BCUT2D eigenvalue weighted by molar-refractivity contribution is 0.417. The number of halogens is 1. The molecule has 1 N–H and O–H groups in total. The fourth-order valence-electron chi connectivity index (χ4n) is 2.05. The SMILES string of the molecule is CCN(CC)c1cc(Nc2cc(Cl)ccc2OC)ncn1. The molecule has 21 heavy (non-hydrogen) atoms. The normalized spacial score (nSPS) is 10.3. The number of nitrogens with zero attached hydrogens (tertiary/aromatic N) is 3. The number of hydrogen-bond donors (Lipinski definition) is 1. The molecule has 2 rings (SSSR count). The number of anilines is 3. The molecule has 0 aliphatic rings. The maximum absolute atomic E-state index is 6.03. The predicted molar refractivity (Wildman–Crippen MR) is 86.9 cm³/mol. The van der Waals surface area contributed by atoms with Crippen molar-refractivity contribution in [3.8, 4) is 5.75 Å². The molecule has 0 saturated carbocycles. The molecule has 6 heteroatoms. The van der Waals surface area contributed by atoms with Crippen LogP contribution in [0.2, 0.25) is 5.02 Å². The van der Waals surface area contributed by atoms with E-state index in [2.05, 4.69) is 34.0 Å². The zero-order chi connectivity index (χ0) is 15.2. The van der Waals surface area contributed by atoms with Gasteiger partial charge in [-0.05, 0) is 32.0 Å². The van der Waals surface area contributed by atoms with Crippen LogP contribution in [0.5, 0.6) is 5.75 Å². The van der Waals surface area contributed by atoms with E-state index in [-0.39, 0.29) is 0 Å². The van der Waals surface area contributed by atoms with Crippen molar-refractivity contribution in [3.05, 3.63) is 35.6 Å².